The molecule has 0 bridgehead atoms. The van der Waals surface area contributed by atoms with Gasteiger partial charge in [-0.05, 0) is 30.4 Å². The van der Waals surface area contributed by atoms with Gasteiger partial charge in [0.2, 0.25) is 0 Å². The molecule has 1 aliphatic heterocycles. The standard InChI is InChI=1S/C12H18O2Si/c13-9-10-3-5-11(6-4-10)12(15)7-1-2-8-14-12/h3-6,13H,1-2,7-9H2,15H3. The molecule has 0 saturated carbocycles. The molecule has 0 aromatic heterocycles. The molecule has 1 saturated heterocycles. The first-order valence-electron chi connectivity index (χ1n) is 5.59. The summed E-state index contributed by atoms with van der Waals surface area (Å²) in [6.07, 6.45) is 3.61. The highest BCUT2D eigenvalue weighted by Crippen LogP contribution is 2.31. The smallest absolute Gasteiger partial charge is 0.0723 e. The first-order chi connectivity index (χ1) is 7.24. The van der Waals surface area contributed by atoms with E-state index in [1.54, 1.807) is 0 Å². The fraction of sp³-hybridized carbons (Fsp3) is 0.500. The molecule has 1 atom stereocenters. The van der Waals surface area contributed by atoms with Crippen LogP contribution >= 0.6 is 0 Å². The van der Waals surface area contributed by atoms with Gasteiger partial charge >= 0.3 is 0 Å². The lowest BCUT2D eigenvalue weighted by molar-refractivity contribution is -0.0210. The van der Waals surface area contributed by atoms with Crippen molar-refractivity contribution in [3.05, 3.63) is 35.4 Å². The van der Waals surface area contributed by atoms with Gasteiger partial charge in [0.05, 0.1) is 11.8 Å². The predicted octanol–water partition coefficient (Wildman–Crippen LogP) is 0.898. The minimum Gasteiger partial charge on any atom is -0.392 e. The third-order valence-electron chi connectivity index (χ3n) is 3.22. The Labute approximate surface area is 93.7 Å². The van der Waals surface area contributed by atoms with E-state index in [9.17, 15) is 0 Å². The Morgan fingerprint density at radius 3 is 2.53 bits per heavy atom. The number of aliphatic hydroxyl groups excluding tert-OH is 1. The molecular weight excluding hydrogens is 204 g/mol. The Morgan fingerprint density at radius 1 is 1.27 bits per heavy atom. The van der Waals surface area contributed by atoms with E-state index in [4.69, 9.17) is 9.84 Å². The van der Waals surface area contributed by atoms with Crippen molar-refractivity contribution < 1.29 is 9.84 Å². The second-order valence-corrected chi connectivity index (χ2v) is 6.01. The predicted molar refractivity (Wildman–Crippen MR) is 63.8 cm³/mol. The number of benzene rings is 1. The molecule has 1 aromatic carbocycles. The van der Waals surface area contributed by atoms with Gasteiger partial charge in [0.25, 0.3) is 0 Å². The quantitative estimate of drug-likeness (QED) is 0.753. The highest BCUT2D eigenvalue weighted by atomic mass is 28.1. The summed E-state index contributed by atoms with van der Waals surface area (Å²) in [6.45, 7) is 1.01. The minimum absolute atomic E-state index is 0.0201. The second-order valence-electron chi connectivity index (χ2n) is 4.39. The molecule has 3 heteroatoms. The number of hydrogen-bond acceptors (Lipinski definition) is 2. The summed E-state index contributed by atoms with van der Waals surface area (Å²) in [4.78, 5) is 0. The molecule has 1 fully saturated rings. The Balaban J connectivity index is 2.20. The first-order valence-corrected chi connectivity index (χ1v) is 6.59. The van der Waals surface area contributed by atoms with Crippen LogP contribution in [0, 0.1) is 0 Å². The van der Waals surface area contributed by atoms with Crippen molar-refractivity contribution in [2.75, 3.05) is 6.61 Å². The third-order valence-corrected chi connectivity index (χ3v) is 4.58. The summed E-state index contributed by atoms with van der Waals surface area (Å²) in [5, 5.41) is 9.00. The van der Waals surface area contributed by atoms with Crippen LogP contribution in [0.5, 0.6) is 0 Å². The zero-order chi connectivity index (χ0) is 10.7. The molecule has 1 N–H and O–H groups in total. The topological polar surface area (TPSA) is 29.5 Å². The van der Waals surface area contributed by atoms with Gasteiger partial charge in [-0.3, -0.25) is 0 Å². The summed E-state index contributed by atoms with van der Waals surface area (Å²) in [5.41, 5.74) is 2.26. The van der Waals surface area contributed by atoms with Crippen LogP contribution < -0.4 is 0 Å². The minimum atomic E-state index is 0.0201. The monoisotopic (exact) mass is 222 g/mol. The molecule has 0 amide bonds. The van der Waals surface area contributed by atoms with Crippen molar-refractivity contribution in [2.45, 2.75) is 31.1 Å². The fourth-order valence-corrected chi connectivity index (χ4v) is 3.02. The molecule has 0 spiro atoms. The summed E-state index contributed by atoms with van der Waals surface area (Å²) < 4.78 is 5.92. The van der Waals surface area contributed by atoms with E-state index in [0.29, 0.717) is 0 Å². The average Bonchev–Trinajstić information content (AvgIpc) is 2.30. The highest BCUT2D eigenvalue weighted by molar-refractivity contribution is 6.14. The number of ether oxygens (including phenoxy) is 1. The molecule has 1 aliphatic rings. The zero-order valence-corrected chi connectivity index (χ0v) is 11.2. The normalized spacial score (nSPS) is 26.7. The van der Waals surface area contributed by atoms with E-state index < -0.39 is 0 Å². The van der Waals surface area contributed by atoms with Crippen LogP contribution in [0.3, 0.4) is 0 Å². The van der Waals surface area contributed by atoms with Crippen LogP contribution in [-0.4, -0.2) is 22.0 Å². The maximum absolute atomic E-state index is 8.98. The summed E-state index contributed by atoms with van der Waals surface area (Å²) in [6, 6.07) is 8.19. The molecule has 1 unspecified atom stereocenters. The van der Waals surface area contributed by atoms with Crippen LogP contribution in [0.15, 0.2) is 24.3 Å². The molecule has 0 aliphatic carbocycles. The van der Waals surface area contributed by atoms with Crippen molar-refractivity contribution in [3.8, 4) is 0 Å². The lowest BCUT2D eigenvalue weighted by Crippen LogP contribution is -2.33. The molecule has 2 rings (SSSR count). The number of aliphatic hydroxyl groups is 1. The van der Waals surface area contributed by atoms with Crippen molar-refractivity contribution in [3.63, 3.8) is 0 Å². The van der Waals surface area contributed by atoms with Gasteiger partial charge in [-0.1, -0.05) is 24.3 Å². The van der Waals surface area contributed by atoms with Gasteiger partial charge in [-0.2, -0.15) is 0 Å². The van der Waals surface area contributed by atoms with Crippen LogP contribution in [0.2, 0.25) is 0 Å². The number of rotatable bonds is 2. The molecule has 82 valence electrons. The van der Waals surface area contributed by atoms with E-state index in [-0.39, 0.29) is 11.8 Å². The Morgan fingerprint density at radius 2 is 2.00 bits per heavy atom. The highest BCUT2D eigenvalue weighted by Gasteiger charge is 2.29. The summed E-state index contributed by atoms with van der Waals surface area (Å²) in [7, 11) is 1.03. The molecule has 15 heavy (non-hydrogen) atoms. The number of hydrogen-bond donors (Lipinski definition) is 1. The zero-order valence-electron chi connectivity index (χ0n) is 9.20. The van der Waals surface area contributed by atoms with Gasteiger partial charge < -0.3 is 9.84 Å². The first kappa shape index (κ1) is 10.9. The van der Waals surface area contributed by atoms with Crippen molar-refractivity contribution >= 4 is 10.2 Å². The lowest BCUT2D eigenvalue weighted by Gasteiger charge is -2.34. The van der Waals surface area contributed by atoms with E-state index in [0.717, 1.165) is 28.8 Å². The van der Waals surface area contributed by atoms with Crippen molar-refractivity contribution in [1.82, 2.24) is 0 Å². The van der Waals surface area contributed by atoms with Crippen LogP contribution in [0.1, 0.15) is 30.4 Å². The Hall–Kier alpha value is -0.643. The van der Waals surface area contributed by atoms with Crippen LogP contribution in [0.25, 0.3) is 0 Å². The second kappa shape index (κ2) is 4.47. The molecule has 0 radical (unpaired) electrons. The Bertz CT molecular complexity index is 315. The van der Waals surface area contributed by atoms with Crippen molar-refractivity contribution in [1.29, 1.82) is 0 Å². The molecular formula is C12H18O2Si. The molecule has 1 aromatic rings. The Kier molecular flexibility index (Phi) is 3.24. The van der Waals surface area contributed by atoms with Gasteiger partial charge in [0, 0.05) is 16.8 Å². The van der Waals surface area contributed by atoms with Crippen LogP contribution in [-0.2, 0) is 16.6 Å². The van der Waals surface area contributed by atoms with E-state index in [2.05, 4.69) is 12.1 Å². The van der Waals surface area contributed by atoms with Gasteiger partial charge in [-0.25, -0.2) is 0 Å². The SMILES string of the molecule is OCc1ccc(C2([SiH3])CCCCO2)cc1. The summed E-state index contributed by atoms with van der Waals surface area (Å²) >= 11 is 0. The van der Waals surface area contributed by atoms with E-state index in [1.807, 2.05) is 12.1 Å². The van der Waals surface area contributed by atoms with Crippen molar-refractivity contribution in [2.24, 2.45) is 0 Å². The van der Waals surface area contributed by atoms with Gasteiger partial charge in [0.15, 0.2) is 0 Å². The summed E-state index contributed by atoms with van der Waals surface area (Å²) in [5.74, 6) is 0. The average molecular weight is 222 g/mol. The maximum atomic E-state index is 8.98. The lowest BCUT2D eigenvalue weighted by atomic mass is 9.99. The third kappa shape index (κ3) is 2.30. The van der Waals surface area contributed by atoms with E-state index >= 15 is 0 Å². The maximum Gasteiger partial charge on any atom is 0.0723 e. The fourth-order valence-electron chi connectivity index (χ4n) is 2.12. The molecule has 2 nitrogen and oxygen atoms in total. The van der Waals surface area contributed by atoms with E-state index in [1.165, 1.54) is 18.4 Å². The van der Waals surface area contributed by atoms with Gasteiger partial charge in [-0.15, -0.1) is 0 Å². The molecule has 1 heterocycles. The van der Waals surface area contributed by atoms with Gasteiger partial charge in [0.1, 0.15) is 0 Å². The largest absolute Gasteiger partial charge is 0.392 e. The van der Waals surface area contributed by atoms with Crippen LogP contribution in [0.4, 0.5) is 0 Å².